The molecule has 0 spiro atoms. The van der Waals surface area contributed by atoms with Gasteiger partial charge in [-0.05, 0) is 49.7 Å². The van der Waals surface area contributed by atoms with E-state index in [2.05, 4.69) is 4.99 Å². The molecule has 0 fully saturated rings. The van der Waals surface area contributed by atoms with Crippen LogP contribution in [0.25, 0.3) is 17.4 Å². The van der Waals surface area contributed by atoms with Gasteiger partial charge in [-0.15, -0.1) is 0 Å². The molecule has 1 atom stereocenters. The number of aromatic nitrogens is 1. The third-order valence-corrected chi connectivity index (χ3v) is 8.00. The number of rotatable bonds is 9. The normalized spacial score (nSPS) is 14.5. The molecule has 1 aliphatic heterocycles. The first-order chi connectivity index (χ1) is 21.3. The summed E-state index contributed by atoms with van der Waals surface area (Å²) >= 11 is 1.15. The topological polar surface area (TPSA) is 128 Å². The van der Waals surface area contributed by atoms with Gasteiger partial charge < -0.3 is 28.1 Å². The zero-order valence-electron chi connectivity index (χ0n) is 25.0. The third-order valence-electron chi connectivity index (χ3n) is 7.02. The van der Waals surface area contributed by atoms with Gasteiger partial charge in [-0.1, -0.05) is 29.5 Å². The lowest BCUT2D eigenvalue weighted by Crippen LogP contribution is -2.40. The van der Waals surface area contributed by atoms with E-state index in [1.807, 2.05) is 0 Å². The van der Waals surface area contributed by atoms with Gasteiger partial charge in [0.2, 0.25) is 5.75 Å². The largest absolute Gasteiger partial charge is 0.493 e. The first-order valence-electron chi connectivity index (χ1n) is 13.5. The van der Waals surface area contributed by atoms with Gasteiger partial charge in [0.05, 0.1) is 62.5 Å². The average Bonchev–Trinajstić information content (AvgIpc) is 3.62. The highest BCUT2D eigenvalue weighted by atomic mass is 32.1. The quantitative estimate of drug-likeness (QED) is 0.257. The fourth-order valence-electron chi connectivity index (χ4n) is 5.06. The van der Waals surface area contributed by atoms with Crippen LogP contribution in [-0.2, 0) is 14.3 Å². The van der Waals surface area contributed by atoms with Crippen molar-refractivity contribution in [2.45, 2.75) is 19.9 Å². The van der Waals surface area contributed by atoms with E-state index in [0.717, 1.165) is 11.3 Å². The molecule has 3 heterocycles. The molecule has 0 saturated carbocycles. The molecule has 0 radical (unpaired) electrons. The van der Waals surface area contributed by atoms with Crippen LogP contribution >= 0.6 is 11.3 Å². The van der Waals surface area contributed by atoms with Crippen LogP contribution in [0.5, 0.6) is 17.2 Å². The Hall–Kier alpha value is -5.10. The minimum atomic E-state index is -0.903. The monoisotopic (exact) mass is 618 g/mol. The molecule has 2 aromatic carbocycles. The van der Waals surface area contributed by atoms with Crippen LogP contribution in [0.2, 0.25) is 0 Å². The van der Waals surface area contributed by atoms with Gasteiger partial charge in [-0.2, -0.15) is 0 Å². The lowest BCUT2D eigenvalue weighted by Gasteiger charge is -2.26. The fourth-order valence-corrected chi connectivity index (χ4v) is 6.08. The standard InChI is InChI=1S/C32H30N2O9S/c1-7-42-31(37)26-17(2)33-32-34(27(26)18-14-23(38-3)28(40-5)24(15-18)39-4)29(35)25(44-32)16-19-12-13-22(43-19)20-10-8-9-11-21(20)30(36)41-6/h8-16,27H,7H2,1-6H3/b25-16-. The first kappa shape index (κ1) is 30.4. The number of ether oxygens (including phenoxy) is 5. The fraction of sp³-hybridized carbons (Fsp3) is 0.250. The van der Waals surface area contributed by atoms with Crippen LogP contribution in [-0.4, -0.2) is 51.6 Å². The van der Waals surface area contributed by atoms with Gasteiger partial charge in [0.15, 0.2) is 16.3 Å². The van der Waals surface area contributed by atoms with E-state index in [1.165, 1.54) is 33.0 Å². The number of esters is 2. The Balaban J connectivity index is 1.68. The Labute approximate surface area is 256 Å². The van der Waals surface area contributed by atoms with Gasteiger partial charge in [-0.3, -0.25) is 9.36 Å². The van der Waals surface area contributed by atoms with Gasteiger partial charge in [0.25, 0.3) is 5.56 Å². The Morgan fingerprint density at radius 2 is 1.70 bits per heavy atom. The van der Waals surface area contributed by atoms with Crippen molar-refractivity contribution in [1.82, 2.24) is 4.57 Å². The molecular weight excluding hydrogens is 588 g/mol. The number of benzene rings is 2. The Bertz CT molecular complexity index is 1940. The highest BCUT2D eigenvalue weighted by molar-refractivity contribution is 7.07. The number of hydrogen-bond acceptors (Lipinski definition) is 11. The van der Waals surface area contributed by atoms with E-state index < -0.39 is 23.5 Å². The molecule has 1 aliphatic rings. The number of methoxy groups -OCH3 is 4. The summed E-state index contributed by atoms with van der Waals surface area (Å²) in [5, 5.41) is 0. The highest BCUT2D eigenvalue weighted by Gasteiger charge is 2.34. The Morgan fingerprint density at radius 1 is 1.00 bits per heavy atom. The van der Waals surface area contributed by atoms with E-state index in [9.17, 15) is 14.4 Å². The number of hydrogen-bond donors (Lipinski definition) is 0. The van der Waals surface area contributed by atoms with Crippen molar-refractivity contribution < 1.29 is 37.7 Å². The molecule has 11 nitrogen and oxygen atoms in total. The van der Waals surface area contributed by atoms with Crippen molar-refractivity contribution in [2.24, 2.45) is 4.99 Å². The summed E-state index contributed by atoms with van der Waals surface area (Å²) in [4.78, 5) is 44.6. The molecule has 1 unspecified atom stereocenters. The van der Waals surface area contributed by atoms with Crippen molar-refractivity contribution in [2.75, 3.05) is 35.0 Å². The first-order valence-corrected chi connectivity index (χ1v) is 14.3. The van der Waals surface area contributed by atoms with E-state index in [-0.39, 0.29) is 12.2 Å². The maximum Gasteiger partial charge on any atom is 0.338 e. The van der Waals surface area contributed by atoms with Gasteiger partial charge in [-0.25, -0.2) is 14.6 Å². The van der Waals surface area contributed by atoms with E-state index in [4.69, 9.17) is 28.1 Å². The summed E-state index contributed by atoms with van der Waals surface area (Å²) in [6.45, 7) is 3.55. The minimum Gasteiger partial charge on any atom is -0.493 e. The van der Waals surface area contributed by atoms with E-state index >= 15 is 0 Å². The van der Waals surface area contributed by atoms with Gasteiger partial charge in [0.1, 0.15) is 11.5 Å². The summed E-state index contributed by atoms with van der Waals surface area (Å²) in [6.07, 6.45) is 1.60. The third kappa shape index (κ3) is 5.39. The molecule has 0 amide bonds. The zero-order chi connectivity index (χ0) is 31.5. The number of carbonyl (C=O) groups excluding carboxylic acids is 2. The maximum absolute atomic E-state index is 14.0. The average molecular weight is 619 g/mol. The van der Waals surface area contributed by atoms with Crippen LogP contribution in [0.15, 0.2) is 74.0 Å². The molecule has 44 heavy (non-hydrogen) atoms. The summed E-state index contributed by atoms with van der Waals surface area (Å²) in [6, 6.07) is 12.8. The Kier molecular flexibility index (Phi) is 8.72. The van der Waals surface area contributed by atoms with Crippen LogP contribution in [0.4, 0.5) is 0 Å². The van der Waals surface area contributed by atoms with Gasteiger partial charge >= 0.3 is 11.9 Å². The second-order valence-corrected chi connectivity index (χ2v) is 10.5. The molecule has 0 N–H and O–H groups in total. The molecule has 0 bridgehead atoms. The number of thiazole rings is 1. The Morgan fingerprint density at radius 3 is 2.34 bits per heavy atom. The van der Waals surface area contributed by atoms with E-state index in [1.54, 1.807) is 68.5 Å². The second-order valence-electron chi connectivity index (χ2n) is 9.50. The van der Waals surface area contributed by atoms with Crippen molar-refractivity contribution in [3.05, 3.63) is 96.4 Å². The lowest BCUT2D eigenvalue weighted by molar-refractivity contribution is -0.139. The van der Waals surface area contributed by atoms with Crippen LogP contribution in [0.1, 0.15) is 41.6 Å². The van der Waals surface area contributed by atoms with Crippen LogP contribution in [0.3, 0.4) is 0 Å². The van der Waals surface area contributed by atoms with Crippen molar-refractivity contribution in [3.63, 3.8) is 0 Å². The van der Waals surface area contributed by atoms with Crippen molar-refractivity contribution >= 4 is 29.4 Å². The number of furan rings is 1. The molecule has 2 aromatic heterocycles. The molecule has 4 aromatic rings. The molecular formula is C32H30N2O9S. The minimum absolute atomic E-state index is 0.141. The summed E-state index contributed by atoms with van der Waals surface area (Å²) in [5.74, 6) is 0.811. The predicted molar refractivity (Wildman–Crippen MR) is 162 cm³/mol. The molecule has 228 valence electrons. The number of carbonyl (C=O) groups is 2. The predicted octanol–water partition coefficient (Wildman–Crippen LogP) is 3.87. The van der Waals surface area contributed by atoms with Crippen molar-refractivity contribution in [1.29, 1.82) is 0 Å². The summed E-state index contributed by atoms with van der Waals surface area (Å²) in [5.41, 5.74) is 1.66. The smallest absolute Gasteiger partial charge is 0.338 e. The van der Waals surface area contributed by atoms with Crippen molar-refractivity contribution in [3.8, 4) is 28.6 Å². The lowest BCUT2D eigenvalue weighted by atomic mass is 9.95. The van der Waals surface area contributed by atoms with Crippen LogP contribution in [0, 0.1) is 0 Å². The molecule has 0 saturated heterocycles. The van der Waals surface area contributed by atoms with E-state index in [0.29, 0.717) is 60.5 Å². The van der Waals surface area contributed by atoms with Gasteiger partial charge in [0, 0.05) is 11.6 Å². The number of allylic oxidation sites excluding steroid dienone is 1. The summed E-state index contributed by atoms with van der Waals surface area (Å²) in [7, 11) is 5.78. The molecule has 12 heteroatoms. The highest BCUT2D eigenvalue weighted by Crippen LogP contribution is 2.42. The number of fused-ring (bicyclic) bond motifs is 1. The zero-order valence-corrected chi connectivity index (χ0v) is 25.8. The SMILES string of the molecule is CCOC(=O)C1=C(C)N=c2s/c(=C\c3ccc(-c4ccccc4C(=O)OC)o3)c(=O)n2C1c1cc(OC)c(OC)c(OC)c1. The molecule has 0 aliphatic carbocycles. The molecule has 5 rings (SSSR count). The maximum atomic E-state index is 14.0. The second kappa shape index (κ2) is 12.6. The summed E-state index contributed by atoms with van der Waals surface area (Å²) < 4.78 is 34.7. The number of nitrogens with zero attached hydrogens (tertiary/aromatic N) is 2. The van der Waals surface area contributed by atoms with Crippen LogP contribution < -0.4 is 29.1 Å².